The second-order valence-electron chi connectivity index (χ2n) is 4.81. The lowest BCUT2D eigenvalue weighted by Gasteiger charge is -2.19. The SMILES string of the molecule is CC(C)CN(C)C(=O)c1ccc2nc(N)sc2c1. The van der Waals surface area contributed by atoms with E-state index in [4.69, 9.17) is 5.73 Å². The molecule has 1 aromatic carbocycles. The Morgan fingerprint density at radius 1 is 1.50 bits per heavy atom. The maximum Gasteiger partial charge on any atom is 0.253 e. The smallest absolute Gasteiger partial charge is 0.253 e. The number of rotatable bonds is 3. The normalized spacial score (nSPS) is 11.1. The van der Waals surface area contributed by atoms with Gasteiger partial charge < -0.3 is 10.6 Å². The van der Waals surface area contributed by atoms with Crippen molar-refractivity contribution in [3.05, 3.63) is 23.8 Å². The predicted molar refractivity (Wildman–Crippen MR) is 75.8 cm³/mol. The molecule has 0 saturated heterocycles. The number of hydrogen-bond donors (Lipinski definition) is 1. The average molecular weight is 263 g/mol. The molecule has 0 fully saturated rings. The van der Waals surface area contributed by atoms with Crippen LogP contribution in [0.2, 0.25) is 0 Å². The largest absolute Gasteiger partial charge is 0.375 e. The first kappa shape index (κ1) is 12.8. The molecule has 0 spiro atoms. The summed E-state index contributed by atoms with van der Waals surface area (Å²) in [6.45, 7) is 4.94. The number of anilines is 1. The van der Waals surface area contributed by atoms with Gasteiger partial charge in [-0.1, -0.05) is 25.2 Å². The third-order valence-corrected chi connectivity index (χ3v) is 3.48. The number of benzene rings is 1. The van der Waals surface area contributed by atoms with Crippen molar-refractivity contribution < 1.29 is 4.79 Å². The quantitative estimate of drug-likeness (QED) is 0.926. The van der Waals surface area contributed by atoms with Gasteiger partial charge >= 0.3 is 0 Å². The Balaban J connectivity index is 2.27. The first-order chi connectivity index (χ1) is 8.47. The molecule has 0 saturated carbocycles. The van der Waals surface area contributed by atoms with Gasteiger partial charge in [-0.05, 0) is 24.1 Å². The second-order valence-corrected chi connectivity index (χ2v) is 5.88. The summed E-state index contributed by atoms with van der Waals surface area (Å²) in [6.07, 6.45) is 0. The summed E-state index contributed by atoms with van der Waals surface area (Å²) in [5, 5.41) is 0.533. The van der Waals surface area contributed by atoms with E-state index in [2.05, 4.69) is 18.8 Å². The number of thiazole rings is 1. The number of aromatic nitrogens is 1. The molecule has 0 bridgehead atoms. The first-order valence-corrected chi connectivity index (χ1v) is 6.70. The van der Waals surface area contributed by atoms with E-state index in [1.54, 1.807) is 11.0 Å². The molecule has 0 aliphatic heterocycles. The number of fused-ring (bicyclic) bond motifs is 1. The topological polar surface area (TPSA) is 59.2 Å². The van der Waals surface area contributed by atoms with Crippen LogP contribution in [0.1, 0.15) is 24.2 Å². The Labute approximate surface area is 110 Å². The third kappa shape index (κ3) is 2.61. The predicted octanol–water partition coefficient (Wildman–Crippen LogP) is 2.61. The summed E-state index contributed by atoms with van der Waals surface area (Å²) < 4.78 is 0.955. The van der Waals surface area contributed by atoms with Gasteiger partial charge in [0.2, 0.25) is 0 Å². The van der Waals surface area contributed by atoms with Gasteiger partial charge in [-0.3, -0.25) is 4.79 Å². The highest BCUT2D eigenvalue weighted by Gasteiger charge is 2.14. The molecule has 5 heteroatoms. The number of carbonyl (C=O) groups is 1. The lowest BCUT2D eigenvalue weighted by atomic mass is 10.1. The van der Waals surface area contributed by atoms with E-state index >= 15 is 0 Å². The van der Waals surface area contributed by atoms with Gasteiger partial charge in [0, 0.05) is 19.2 Å². The van der Waals surface area contributed by atoms with Crippen LogP contribution in [0.3, 0.4) is 0 Å². The molecule has 0 aliphatic carbocycles. The van der Waals surface area contributed by atoms with Gasteiger partial charge in [0.15, 0.2) is 5.13 Å². The molecule has 0 unspecified atom stereocenters. The Morgan fingerprint density at radius 2 is 2.22 bits per heavy atom. The van der Waals surface area contributed by atoms with Crippen molar-refractivity contribution in [2.45, 2.75) is 13.8 Å². The molecule has 1 aromatic heterocycles. The number of carbonyl (C=O) groups excluding carboxylic acids is 1. The molecule has 0 radical (unpaired) electrons. The highest BCUT2D eigenvalue weighted by molar-refractivity contribution is 7.22. The fourth-order valence-electron chi connectivity index (χ4n) is 1.93. The Hall–Kier alpha value is -1.62. The van der Waals surface area contributed by atoms with E-state index in [-0.39, 0.29) is 5.91 Å². The highest BCUT2D eigenvalue weighted by Crippen LogP contribution is 2.25. The van der Waals surface area contributed by atoms with Crippen molar-refractivity contribution >= 4 is 32.6 Å². The fraction of sp³-hybridized carbons (Fsp3) is 0.385. The molecule has 18 heavy (non-hydrogen) atoms. The summed E-state index contributed by atoms with van der Waals surface area (Å²) in [6, 6.07) is 5.52. The molecule has 1 heterocycles. The highest BCUT2D eigenvalue weighted by atomic mass is 32.1. The molecule has 96 valence electrons. The molecular weight excluding hydrogens is 246 g/mol. The van der Waals surface area contributed by atoms with E-state index in [1.807, 2.05) is 19.2 Å². The molecule has 2 rings (SSSR count). The number of nitrogens with zero attached hydrogens (tertiary/aromatic N) is 2. The minimum Gasteiger partial charge on any atom is -0.375 e. The molecule has 0 atom stereocenters. The zero-order chi connectivity index (χ0) is 13.3. The van der Waals surface area contributed by atoms with Crippen molar-refractivity contribution in [1.29, 1.82) is 0 Å². The van der Waals surface area contributed by atoms with Gasteiger partial charge in [0.1, 0.15) is 0 Å². The van der Waals surface area contributed by atoms with Gasteiger partial charge in [-0.15, -0.1) is 0 Å². The monoisotopic (exact) mass is 263 g/mol. The molecule has 2 N–H and O–H groups in total. The van der Waals surface area contributed by atoms with Crippen molar-refractivity contribution in [3.63, 3.8) is 0 Å². The molecule has 1 amide bonds. The van der Waals surface area contributed by atoms with Gasteiger partial charge in [-0.25, -0.2) is 4.98 Å². The molecule has 4 nitrogen and oxygen atoms in total. The number of nitrogens with two attached hydrogens (primary N) is 1. The summed E-state index contributed by atoms with van der Waals surface area (Å²) in [7, 11) is 1.83. The molecule has 2 aromatic rings. The Bertz CT molecular complexity index is 577. The van der Waals surface area contributed by atoms with Crippen LogP contribution in [0.4, 0.5) is 5.13 Å². The first-order valence-electron chi connectivity index (χ1n) is 5.89. The molecule has 0 aliphatic rings. The Kier molecular flexibility index (Phi) is 3.52. The zero-order valence-electron chi connectivity index (χ0n) is 10.8. The summed E-state index contributed by atoms with van der Waals surface area (Å²) in [5.74, 6) is 0.499. The average Bonchev–Trinajstić information content (AvgIpc) is 2.65. The van der Waals surface area contributed by atoms with Crippen LogP contribution in [-0.2, 0) is 0 Å². The Morgan fingerprint density at radius 3 is 2.89 bits per heavy atom. The summed E-state index contributed by atoms with van der Waals surface area (Å²) in [4.78, 5) is 18.1. The van der Waals surface area contributed by atoms with Crippen LogP contribution in [0, 0.1) is 5.92 Å². The van der Waals surface area contributed by atoms with Gasteiger partial charge in [-0.2, -0.15) is 0 Å². The van der Waals surface area contributed by atoms with E-state index in [1.165, 1.54) is 11.3 Å². The van der Waals surface area contributed by atoms with Crippen LogP contribution >= 0.6 is 11.3 Å². The standard InChI is InChI=1S/C13H17N3OS/c1-8(2)7-16(3)12(17)9-4-5-10-11(6-9)18-13(14)15-10/h4-6,8H,7H2,1-3H3,(H2,14,15). The second kappa shape index (κ2) is 4.94. The van der Waals surface area contributed by atoms with E-state index in [9.17, 15) is 4.79 Å². The van der Waals surface area contributed by atoms with E-state index < -0.39 is 0 Å². The number of amides is 1. The van der Waals surface area contributed by atoms with Gasteiger partial charge in [0.05, 0.1) is 10.2 Å². The molecular formula is C13H17N3OS. The maximum absolute atomic E-state index is 12.2. The van der Waals surface area contributed by atoms with Crippen LogP contribution in [0.25, 0.3) is 10.2 Å². The van der Waals surface area contributed by atoms with Crippen molar-refractivity contribution in [3.8, 4) is 0 Å². The number of nitrogen functional groups attached to an aromatic ring is 1. The fourth-order valence-corrected chi connectivity index (χ4v) is 2.70. The number of hydrogen-bond acceptors (Lipinski definition) is 4. The van der Waals surface area contributed by atoms with Crippen LogP contribution in [0.15, 0.2) is 18.2 Å². The lowest BCUT2D eigenvalue weighted by molar-refractivity contribution is 0.0779. The zero-order valence-corrected chi connectivity index (χ0v) is 11.6. The summed E-state index contributed by atoms with van der Waals surface area (Å²) >= 11 is 1.41. The van der Waals surface area contributed by atoms with Crippen LogP contribution < -0.4 is 5.73 Å². The summed E-state index contributed by atoms with van der Waals surface area (Å²) in [5.41, 5.74) is 7.19. The van der Waals surface area contributed by atoms with Crippen molar-refractivity contribution in [1.82, 2.24) is 9.88 Å². The van der Waals surface area contributed by atoms with Crippen LogP contribution in [-0.4, -0.2) is 29.4 Å². The van der Waals surface area contributed by atoms with E-state index in [0.717, 1.165) is 16.8 Å². The third-order valence-electron chi connectivity index (χ3n) is 2.64. The maximum atomic E-state index is 12.2. The van der Waals surface area contributed by atoms with Crippen molar-refractivity contribution in [2.24, 2.45) is 5.92 Å². The van der Waals surface area contributed by atoms with E-state index in [0.29, 0.717) is 16.6 Å². The minimum atomic E-state index is 0.0394. The van der Waals surface area contributed by atoms with Crippen LogP contribution in [0.5, 0.6) is 0 Å². The lowest BCUT2D eigenvalue weighted by Crippen LogP contribution is -2.30. The van der Waals surface area contributed by atoms with Gasteiger partial charge in [0.25, 0.3) is 5.91 Å². The van der Waals surface area contributed by atoms with Crippen molar-refractivity contribution in [2.75, 3.05) is 19.3 Å². The minimum absolute atomic E-state index is 0.0394.